The molecule has 0 aromatic carbocycles. The average Bonchev–Trinajstić information content (AvgIpc) is 2.90. The van der Waals surface area contributed by atoms with E-state index in [4.69, 9.17) is 4.74 Å². The molecule has 0 spiro atoms. The normalized spacial score (nSPS) is 17.2. The first-order chi connectivity index (χ1) is 9.50. The van der Waals surface area contributed by atoms with E-state index in [1.807, 2.05) is 0 Å². The van der Waals surface area contributed by atoms with Gasteiger partial charge in [-0.15, -0.1) is 11.3 Å². The van der Waals surface area contributed by atoms with Gasteiger partial charge in [0.25, 0.3) is 0 Å². The predicted molar refractivity (Wildman–Crippen MR) is 70.2 cm³/mol. The number of hydrogen-bond acceptors (Lipinski definition) is 6. The lowest BCUT2D eigenvalue weighted by Crippen LogP contribution is -3.14. The molecule has 2 rings (SSSR count). The van der Waals surface area contributed by atoms with Gasteiger partial charge in [-0.25, -0.2) is 13.1 Å². The van der Waals surface area contributed by atoms with Gasteiger partial charge in [-0.1, -0.05) is 0 Å². The molecule has 1 saturated heterocycles. The number of carboxylic acids is 1. The van der Waals surface area contributed by atoms with E-state index in [2.05, 4.69) is 4.72 Å². The minimum Gasteiger partial charge on any atom is -0.544 e. The molecule has 0 aliphatic carbocycles. The highest BCUT2D eigenvalue weighted by Crippen LogP contribution is 2.20. The van der Waals surface area contributed by atoms with Gasteiger partial charge in [0, 0.05) is 0 Å². The first kappa shape index (κ1) is 15.4. The Morgan fingerprint density at radius 1 is 1.45 bits per heavy atom. The molecule has 9 heteroatoms. The number of sulfonamides is 1. The number of rotatable bonds is 6. The molecule has 7 nitrogen and oxygen atoms in total. The van der Waals surface area contributed by atoms with Crippen LogP contribution < -0.4 is 14.7 Å². The second kappa shape index (κ2) is 6.64. The fourth-order valence-electron chi connectivity index (χ4n) is 2.01. The number of carboxylic acid groups (broad SMARTS) is 1. The minimum absolute atomic E-state index is 0.223. The van der Waals surface area contributed by atoms with Gasteiger partial charge in [-0.3, -0.25) is 0 Å². The lowest BCUT2D eigenvalue weighted by atomic mass is 10.4. The van der Waals surface area contributed by atoms with Gasteiger partial charge < -0.3 is 19.5 Å². The summed E-state index contributed by atoms with van der Waals surface area (Å²) >= 11 is 0.843. The Bertz CT molecular complexity index is 563. The molecule has 0 atom stereocenters. The van der Waals surface area contributed by atoms with Crippen molar-refractivity contribution in [2.45, 2.75) is 4.90 Å². The predicted octanol–water partition coefficient (Wildman–Crippen LogP) is -2.69. The van der Waals surface area contributed by atoms with E-state index in [1.54, 1.807) is 0 Å². The first-order valence-corrected chi connectivity index (χ1v) is 8.57. The minimum atomic E-state index is -3.80. The number of carbonyl (C=O) groups excluding carboxylic acids is 1. The molecule has 2 heterocycles. The lowest BCUT2D eigenvalue weighted by molar-refractivity contribution is -0.906. The standard InChI is InChI=1S/C11H16N2O5S2/c14-11(15)10-9(1-8-19-10)20(16,17)12-2-3-13-4-6-18-7-5-13/h1,8,12H,2-7H2,(H,14,15). The Hall–Kier alpha value is -1.00. The number of hydrogen-bond donors (Lipinski definition) is 2. The number of carbonyl (C=O) groups is 1. The Labute approximate surface area is 121 Å². The van der Waals surface area contributed by atoms with Gasteiger partial charge in [0.05, 0.1) is 37.1 Å². The maximum Gasteiger partial charge on any atom is 0.242 e. The molecule has 1 aromatic rings. The third-order valence-corrected chi connectivity index (χ3v) is 5.60. The summed E-state index contributed by atoms with van der Waals surface area (Å²) in [5.74, 6) is -1.47. The molecule has 0 amide bonds. The van der Waals surface area contributed by atoms with Crippen molar-refractivity contribution < 1.29 is 28.0 Å². The van der Waals surface area contributed by atoms with Crippen molar-refractivity contribution in [3.05, 3.63) is 16.3 Å². The van der Waals surface area contributed by atoms with E-state index in [0.29, 0.717) is 19.8 Å². The maximum absolute atomic E-state index is 12.0. The largest absolute Gasteiger partial charge is 0.544 e. The zero-order valence-electron chi connectivity index (χ0n) is 10.8. The van der Waals surface area contributed by atoms with E-state index >= 15 is 0 Å². The fourth-order valence-corrected chi connectivity index (χ4v) is 4.29. The van der Waals surface area contributed by atoms with Gasteiger partial charge in [-0.2, -0.15) is 0 Å². The summed E-state index contributed by atoms with van der Waals surface area (Å²) in [7, 11) is -3.80. The molecule has 20 heavy (non-hydrogen) atoms. The number of aromatic carboxylic acids is 1. The van der Waals surface area contributed by atoms with Crippen molar-refractivity contribution in [3.8, 4) is 0 Å². The van der Waals surface area contributed by atoms with Gasteiger partial charge >= 0.3 is 0 Å². The van der Waals surface area contributed by atoms with E-state index in [0.717, 1.165) is 24.4 Å². The number of thiophene rings is 1. The second-order valence-electron chi connectivity index (χ2n) is 4.41. The molecule has 1 aromatic heterocycles. The zero-order chi connectivity index (χ0) is 14.6. The zero-order valence-corrected chi connectivity index (χ0v) is 12.4. The van der Waals surface area contributed by atoms with Crippen LogP contribution in [0.4, 0.5) is 0 Å². The van der Waals surface area contributed by atoms with E-state index < -0.39 is 16.0 Å². The summed E-state index contributed by atoms with van der Waals surface area (Å²) < 4.78 is 31.7. The molecule has 1 aliphatic heterocycles. The van der Waals surface area contributed by atoms with Crippen LogP contribution in [0.3, 0.4) is 0 Å². The van der Waals surface area contributed by atoms with Crippen LogP contribution in [0.1, 0.15) is 9.67 Å². The SMILES string of the molecule is O=C([O-])c1sccc1S(=O)(=O)NCC[NH+]1CCOCC1. The summed E-state index contributed by atoms with van der Waals surface area (Å²) in [6.45, 7) is 3.98. The van der Waals surface area contributed by atoms with Crippen LogP contribution in [0.5, 0.6) is 0 Å². The highest BCUT2D eigenvalue weighted by Gasteiger charge is 2.21. The molecular formula is C11H16N2O5S2. The van der Waals surface area contributed by atoms with Crippen LogP contribution >= 0.6 is 11.3 Å². The van der Waals surface area contributed by atoms with Crippen molar-refractivity contribution in [3.63, 3.8) is 0 Å². The average molecular weight is 320 g/mol. The van der Waals surface area contributed by atoms with Gasteiger partial charge in [-0.05, 0) is 11.4 Å². The molecule has 1 aliphatic rings. The van der Waals surface area contributed by atoms with Crippen LogP contribution in [0.25, 0.3) is 0 Å². The number of ether oxygens (including phenoxy) is 1. The molecule has 0 bridgehead atoms. The second-order valence-corrected chi connectivity index (χ2v) is 7.06. The number of quaternary nitrogens is 1. The molecule has 0 saturated carbocycles. The number of morpholine rings is 1. The Kier molecular flexibility index (Phi) is 5.11. The topological polar surface area (TPSA) is 100.0 Å². The van der Waals surface area contributed by atoms with Crippen molar-refractivity contribution in [1.29, 1.82) is 0 Å². The smallest absolute Gasteiger partial charge is 0.242 e. The highest BCUT2D eigenvalue weighted by atomic mass is 32.2. The van der Waals surface area contributed by atoms with Crippen LogP contribution in [0.15, 0.2) is 16.3 Å². The Balaban J connectivity index is 1.93. The quantitative estimate of drug-likeness (QED) is 0.594. The molecule has 0 unspecified atom stereocenters. The van der Waals surface area contributed by atoms with E-state index in [1.165, 1.54) is 16.3 Å². The first-order valence-electron chi connectivity index (χ1n) is 6.20. The monoisotopic (exact) mass is 320 g/mol. The molecule has 1 fully saturated rings. The molecule has 2 N–H and O–H groups in total. The summed E-state index contributed by atoms with van der Waals surface area (Å²) in [5, 5.41) is 12.3. The summed E-state index contributed by atoms with van der Waals surface area (Å²) in [6, 6.07) is 1.28. The third-order valence-electron chi connectivity index (χ3n) is 3.07. The van der Waals surface area contributed by atoms with Crippen LogP contribution in [-0.4, -0.2) is 53.8 Å². The Morgan fingerprint density at radius 3 is 2.80 bits per heavy atom. The van der Waals surface area contributed by atoms with Gasteiger partial charge in [0.2, 0.25) is 10.0 Å². The van der Waals surface area contributed by atoms with Crippen molar-refractivity contribution >= 4 is 27.3 Å². The van der Waals surface area contributed by atoms with Crippen LogP contribution in [0.2, 0.25) is 0 Å². The highest BCUT2D eigenvalue weighted by molar-refractivity contribution is 7.89. The third kappa shape index (κ3) is 3.76. The van der Waals surface area contributed by atoms with Crippen molar-refractivity contribution in [1.82, 2.24) is 4.72 Å². The molecular weight excluding hydrogens is 304 g/mol. The van der Waals surface area contributed by atoms with Gasteiger partial charge in [0.1, 0.15) is 18.0 Å². The van der Waals surface area contributed by atoms with Crippen molar-refractivity contribution in [2.75, 3.05) is 39.4 Å². The fraction of sp³-hybridized carbons (Fsp3) is 0.545. The van der Waals surface area contributed by atoms with E-state index in [-0.39, 0.29) is 16.3 Å². The van der Waals surface area contributed by atoms with Gasteiger partial charge in [0.15, 0.2) is 0 Å². The lowest BCUT2D eigenvalue weighted by Gasteiger charge is -2.23. The maximum atomic E-state index is 12.0. The molecule has 0 radical (unpaired) electrons. The van der Waals surface area contributed by atoms with E-state index in [9.17, 15) is 18.3 Å². The summed E-state index contributed by atoms with van der Waals surface area (Å²) in [4.78, 5) is 11.6. The Morgan fingerprint density at radius 2 is 2.15 bits per heavy atom. The van der Waals surface area contributed by atoms with Crippen LogP contribution in [-0.2, 0) is 14.8 Å². The van der Waals surface area contributed by atoms with Crippen LogP contribution in [0, 0.1) is 0 Å². The molecule has 112 valence electrons. The summed E-state index contributed by atoms with van der Waals surface area (Å²) in [6.07, 6.45) is 0. The number of nitrogens with one attached hydrogen (secondary N) is 2. The van der Waals surface area contributed by atoms with Crippen molar-refractivity contribution in [2.24, 2.45) is 0 Å². The summed E-state index contributed by atoms with van der Waals surface area (Å²) in [5.41, 5.74) is 0.